The number of hydrogen-bond acceptors (Lipinski definition) is 7. The van der Waals surface area contributed by atoms with E-state index in [1.165, 1.54) is 11.3 Å². The lowest BCUT2D eigenvalue weighted by molar-refractivity contribution is -0.122. The van der Waals surface area contributed by atoms with Crippen molar-refractivity contribution in [2.75, 3.05) is 49.6 Å². The number of halogens is 1. The van der Waals surface area contributed by atoms with E-state index in [-0.39, 0.29) is 11.8 Å². The van der Waals surface area contributed by atoms with Crippen LogP contribution in [0.5, 0.6) is 0 Å². The molecule has 1 aliphatic heterocycles. The molecule has 0 radical (unpaired) electrons. The van der Waals surface area contributed by atoms with Crippen LogP contribution in [0, 0.1) is 0 Å². The number of likely N-dealkylation sites (N-methyl/N-ethyl adjacent to an activating group) is 1. The number of rotatable bonds is 7. The molecule has 2 aromatic heterocycles. The molecule has 5 rings (SSSR count). The van der Waals surface area contributed by atoms with Crippen LogP contribution >= 0.6 is 34.3 Å². The number of anilines is 3. The van der Waals surface area contributed by atoms with Gasteiger partial charge in [0.15, 0.2) is 0 Å². The molecule has 0 saturated carbocycles. The van der Waals surface area contributed by atoms with Gasteiger partial charge in [0.05, 0.1) is 16.3 Å². The van der Waals surface area contributed by atoms with E-state index < -0.39 is 6.04 Å². The highest BCUT2D eigenvalue weighted by Gasteiger charge is 2.31. The second kappa shape index (κ2) is 11.7. The van der Waals surface area contributed by atoms with E-state index in [0.717, 1.165) is 42.2 Å². The van der Waals surface area contributed by atoms with Crippen LogP contribution in [-0.2, 0) is 4.79 Å². The zero-order valence-corrected chi connectivity index (χ0v) is 23.2. The van der Waals surface area contributed by atoms with Gasteiger partial charge in [-0.25, -0.2) is 0 Å². The number of thiophene rings is 2. The zero-order valence-electron chi connectivity index (χ0n) is 20.8. The molecule has 0 unspecified atom stereocenters. The molecule has 38 heavy (non-hydrogen) atoms. The van der Waals surface area contributed by atoms with Crippen molar-refractivity contribution in [3.8, 4) is 11.1 Å². The molecule has 3 heterocycles. The lowest BCUT2D eigenvalue weighted by atomic mass is 10.1. The molecule has 7 nitrogen and oxygen atoms in total. The van der Waals surface area contributed by atoms with E-state index >= 15 is 0 Å². The van der Waals surface area contributed by atoms with Gasteiger partial charge in [0.25, 0.3) is 5.91 Å². The molecular formula is C28H28ClN5O2S2. The normalized spacial score (nSPS) is 15.2. The summed E-state index contributed by atoms with van der Waals surface area (Å²) >= 11 is 8.94. The highest BCUT2D eigenvalue weighted by atomic mass is 35.5. The third kappa shape index (κ3) is 6.09. The molecule has 4 N–H and O–H groups in total. The molecular weight excluding hydrogens is 538 g/mol. The molecule has 10 heteroatoms. The summed E-state index contributed by atoms with van der Waals surface area (Å²) in [6.07, 6.45) is 0. The highest BCUT2D eigenvalue weighted by molar-refractivity contribution is 7.14. The van der Waals surface area contributed by atoms with E-state index in [4.69, 9.17) is 17.3 Å². The van der Waals surface area contributed by atoms with Crippen LogP contribution in [-0.4, -0.2) is 54.8 Å². The quantitative estimate of drug-likeness (QED) is 0.243. The number of nitrogens with two attached hydrogens (primary N) is 1. The minimum Gasteiger partial charge on any atom is -0.397 e. The smallest absolute Gasteiger partial charge is 0.265 e. The Hall–Kier alpha value is -3.21. The van der Waals surface area contributed by atoms with Crippen LogP contribution in [0.15, 0.2) is 71.4 Å². The standard InChI is InChI=1S/C28H28ClN5O2S2/c1-33-11-13-34(14-12-33)26(28(36)31-21-5-3-20(29)4-6-21)24-8-9-25(38-24)27(35)32-23-16-18(2-7-22(23)30)19-10-15-37-17-19/h2-10,15-17,26H,11-14,30H2,1H3,(H,31,36)(H,32,35)/t26-/m0/s1. The Labute approximate surface area is 234 Å². The molecule has 1 fully saturated rings. The third-order valence-electron chi connectivity index (χ3n) is 6.54. The van der Waals surface area contributed by atoms with Gasteiger partial charge >= 0.3 is 0 Å². The van der Waals surface area contributed by atoms with Crippen LogP contribution in [0.4, 0.5) is 17.1 Å². The topological polar surface area (TPSA) is 90.7 Å². The van der Waals surface area contributed by atoms with Crippen molar-refractivity contribution in [2.45, 2.75) is 6.04 Å². The van der Waals surface area contributed by atoms with Gasteiger partial charge in [-0.15, -0.1) is 11.3 Å². The fourth-order valence-corrected chi connectivity index (χ4v) is 6.21. The Bertz CT molecular complexity index is 1410. The molecule has 4 aromatic rings. The van der Waals surface area contributed by atoms with Gasteiger partial charge < -0.3 is 21.3 Å². The van der Waals surface area contributed by atoms with E-state index in [9.17, 15) is 9.59 Å². The van der Waals surface area contributed by atoms with E-state index in [0.29, 0.717) is 27.0 Å². The number of nitrogens with zero attached hydrogens (tertiary/aromatic N) is 2. The average molecular weight is 566 g/mol. The van der Waals surface area contributed by atoms with Crippen LogP contribution < -0.4 is 16.4 Å². The summed E-state index contributed by atoms with van der Waals surface area (Å²) < 4.78 is 0. The van der Waals surface area contributed by atoms with Gasteiger partial charge in [0, 0.05) is 41.8 Å². The minimum atomic E-state index is -0.516. The average Bonchev–Trinajstić information content (AvgIpc) is 3.61. The molecule has 1 atom stereocenters. The number of nitrogens with one attached hydrogen (secondary N) is 2. The Morgan fingerprint density at radius 1 is 0.947 bits per heavy atom. The number of carbonyl (C=O) groups is 2. The number of nitrogen functional groups attached to an aromatic ring is 1. The molecule has 0 spiro atoms. The van der Waals surface area contributed by atoms with Crippen molar-refractivity contribution in [1.29, 1.82) is 0 Å². The Morgan fingerprint density at radius 3 is 2.42 bits per heavy atom. The second-order valence-electron chi connectivity index (χ2n) is 9.21. The number of carbonyl (C=O) groups excluding carboxylic acids is 2. The Morgan fingerprint density at radius 2 is 1.71 bits per heavy atom. The van der Waals surface area contributed by atoms with E-state index in [1.54, 1.807) is 47.7 Å². The van der Waals surface area contributed by atoms with Crippen LogP contribution in [0.25, 0.3) is 11.1 Å². The number of benzene rings is 2. The maximum Gasteiger partial charge on any atom is 0.265 e. The zero-order chi connectivity index (χ0) is 26.6. The van der Waals surface area contributed by atoms with Gasteiger partial charge in [-0.2, -0.15) is 11.3 Å². The number of hydrogen-bond donors (Lipinski definition) is 3. The number of amides is 2. The monoisotopic (exact) mass is 565 g/mol. The first kappa shape index (κ1) is 26.4. The van der Waals surface area contributed by atoms with Crippen molar-refractivity contribution < 1.29 is 9.59 Å². The summed E-state index contributed by atoms with van der Waals surface area (Å²) in [5.41, 5.74) is 9.96. The van der Waals surface area contributed by atoms with Crippen LogP contribution in [0.1, 0.15) is 20.6 Å². The van der Waals surface area contributed by atoms with Crippen molar-refractivity contribution in [3.63, 3.8) is 0 Å². The second-order valence-corrected chi connectivity index (χ2v) is 11.5. The maximum absolute atomic E-state index is 13.5. The Kier molecular flexibility index (Phi) is 8.11. The molecule has 1 aliphatic rings. The fraction of sp³-hybridized carbons (Fsp3) is 0.214. The first-order valence-electron chi connectivity index (χ1n) is 12.2. The SMILES string of the molecule is CN1CCN([C@H](C(=O)Nc2ccc(Cl)cc2)c2ccc(C(=O)Nc3cc(-c4ccsc4)ccc3N)s2)CC1. The predicted octanol–water partition coefficient (Wildman–Crippen LogP) is 5.89. The van der Waals surface area contributed by atoms with Crippen molar-refractivity contribution in [2.24, 2.45) is 0 Å². The summed E-state index contributed by atoms with van der Waals surface area (Å²) in [5.74, 6) is -0.399. The van der Waals surface area contributed by atoms with Crippen molar-refractivity contribution >= 4 is 63.2 Å². The van der Waals surface area contributed by atoms with Crippen molar-refractivity contribution in [3.05, 3.63) is 86.2 Å². The van der Waals surface area contributed by atoms with Gasteiger partial charge in [-0.3, -0.25) is 14.5 Å². The predicted molar refractivity (Wildman–Crippen MR) is 158 cm³/mol. The van der Waals surface area contributed by atoms with Crippen LogP contribution in [0.3, 0.4) is 0 Å². The van der Waals surface area contributed by atoms with E-state index in [1.807, 2.05) is 29.6 Å². The van der Waals surface area contributed by atoms with Gasteiger partial charge in [0.1, 0.15) is 6.04 Å². The van der Waals surface area contributed by atoms with Crippen LogP contribution in [0.2, 0.25) is 5.02 Å². The Balaban J connectivity index is 1.36. The van der Waals surface area contributed by atoms with Gasteiger partial charge in [-0.05, 0) is 83.5 Å². The highest BCUT2D eigenvalue weighted by Crippen LogP contribution is 2.32. The molecule has 1 saturated heterocycles. The fourth-order valence-electron chi connectivity index (χ4n) is 4.38. The maximum atomic E-state index is 13.5. The first-order valence-corrected chi connectivity index (χ1v) is 14.3. The summed E-state index contributed by atoms with van der Waals surface area (Å²) in [4.78, 5) is 32.5. The lowest BCUT2D eigenvalue weighted by Crippen LogP contribution is -2.48. The summed E-state index contributed by atoms with van der Waals surface area (Å²) in [7, 11) is 2.08. The largest absolute Gasteiger partial charge is 0.397 e. The summed E-state index contributed by atoms with van der Waals surface area (Å²) in [6.45, 7) is 3.23. The molecule has 196 valence electrons. The van der Waals surface area contributed by atoms with Crippen molar-refractivity contribution in [1.82, 2.24) is 9.80 Å². The molecule has 0 bridgehead atoms. The summed E-state index contributed by atoms with van der Waals surface area (Å²) in [5, 5.41) is 10.6. The third-order valence-corrected chi connectivity index (χ3v) is 8.61. The molecule has 2 amide bonds. The van der Waals surface area contributed by atoms with Gasteiger partial charge in [0.2, 0.25) is 5.91 Å². The number of piperazine rings is 1. The lowest BCUT2D eigenvalue weighted by Gasteiger charge is -2.36. The van der Waals surface area contributed by atoms with Gasteiger partial charge in [-0.1, -0.05) is 17.7 Å². The molecule has 2 aromatic carbocycles. The van der Waals surface area contributed by atoms with E-state index in [2.05, 4.69) is 32.9 Å². The molecule has 0 aliphatic carbocycles. The summed E-state index contributed by atoms with van der Waals surface area (Å²) in [6, 6.07) is 17.8. The minimum absolute atomic E-state index is 0.140. The first-order chi connectivity index (χ1) is 18.4.